The highest BCUT2D eigenvalue weighted by Gasteiger charge is 2.18. The number of nitrogens with two attached hydrogens (primary N) is 1. The Labute approximate surface area is 135 Å². The lowest BCUT2D eigenvalue weighted by Crippen LogP contribution is -2.38. The predicted molar refractivity (Wildman–Crippen MR) is 90.0 cm³/mol. The molecule has 1 atom stereocenters. The number of hydrogen-bond donors (Lipinski definition) is 3. The number of rotatable bonds is 6. The van der Waals surface area contributed by atoms with Crippen LogP contribution < -0.4 is 16.4 Å². The number of urea groups is 1. The summed E-state index contributed by atoms with van der Waals surface area (Å²) in [5, 5.41) is 6.22. The van der Waals surface area contributed by atoms with Crippen molar-refractivity contribution in [3.63, 3.8) is 0 Å². The maximum atomic E-state index is 12.0. The maximum Gasteiger partial charge on any atom is 0.319 e. The summed E-state index contributed by atoms with van der Waals surface area (Å²) >= 11 is 1.83. The van der Waals surface area contributed by atoms with Gasteiger partial charge in [0.1, 0.15) is 0 Å². The third-order valence-corrected chi connectivity index (χ3v) is 5.03. The van der Waals surface area contributed by atoms with E-state index >= 15 is 0 Å². The molecule has 0 aromatic heterocycles. The van der Waals surface area contributed by atoms with Crippen LogP contribution in [-0.4, -0.2) is 23.2 Å². The van der Waals surface area contributed by atoms with Gasteiger partial charge in [0.15, 0.2) is 0 Å². The second-order valence-corrected chi connectivity index (χ2v) is 7.03. The summed E-state index contributed by atoms with van der Waals surface area (Å²) in [6.45, 7) is 1.75. The van der Waals surface area contributed by atoms with Crippen molar-refractivity contribution in [2.45, 2.75) is 55.2 Å². The first-order chi connectivity index (χ1) is 10.5. The van der Waals surface area contributed by atoms with Crippen molar-refractivity contribution in [2.75, 3.05) is 5.32 Å². The van der Waals surface area contributed by atoms with E-state index in [2.05, 4.69) is 10.6 Å². The van der Waals surface area contributed by atoms with Crippen LogP contribution in [0.15, 0.2) is 29.2 Å². The van der Waals surface area contributed by atoms with Crippen LogP contribution in [0.4, 0.5) is 10.5 Å². The van der Waals surface area contributed by atoms with Gasteiger partial charge < -0.3 is 16.4 Å². The third kappa shape index (κ3) is 5.26. The molecule has 1 aromatic rings. The smallest absolute Gasteiger partial charge is 0.319 e. The van der Waals surface area contributed by atoms with E-state index in [1.54, 1.807) is 6.92 Å². The van der Waals surface area contributed by atoms with E-state index in [0.29, 0.717) is 5.25 Å². The molecule has 0 unspecified atom stereocenters. The van der Waals surface area contributed by atoms with Crippen molar-refractivity contribution in [2.24, 2.45) is 5.73 Å². The first-order valence-electron chi connectivity index (χ1n) is 7.66. The summed E-state index contributed by atoms with van der Waals surface area (Å²) in [7, 11) is 0. The number of carbonyl (C=O) groups is 2. The molecule has 5 nitrogen and oxygen atoms in total. The Hall–Kier alpha value is -1.69. The van der Waals surface area contributed by atoms with Crippen molar-refractivity contribution in [1.82, 2.24) is 5.32 Å². The molecule has 3 amide bonds. The fourth-order valence-electron chi connectivity index (χ4n) is 2.59. The third-order valence-electron chi connectivity index (χ3n) is 3.62. The number of carbonyl (C=O) groups excluding carboxylic acids is 2. The minimum absolute atomic E-state index is 0.131. The van der Waals surface area contributed by atoms with Crippen LogP contribution in [0.2, 0.25) is 0 Å². The van der Waals surface area contributed by atoms with Gasteiger partial charge in [-0.25, -0.2) is 4.79 Å². The summed E-state index contributed by atoms with van der Waals surface area (Å²) in [6, 6.07) is 7.22. The highest BCUT2D eigenvalue weighted by atomic mass is 32.2. The molecule has 1 aliphatic rings. The molecule has 120 valence electrons. The van der Waals surface area contributed by atoms with Gasteiger partial charge in [0.05, 0.1) is 5.69 Å². The molecule has 2 rings (SSSR count). The number of thioether (sulfide) groups is 1. The molecule has 0 aliphatic heterocycles. The zero-order chi connectivity index (χ0) is 15.9. The SMILES string of the molecule is C[C@@H](CC(N)=O)NC(=O)Nc1ccccc1SC1CCCC1. The molecule has 0 heterocycles. The molecule has 0 saturated heterocycles. The van der Waals surface area contributed by atoms with Crippen LogP contribution in [0.5, 0.6) is 0 Å². The van der Waals surface area contributed by atoms with Crippen LogP contribution in [-0.2, 0) is 4.79 Å². The van der Waals surface area contributed by atoms with Gasteiger partial charge in [0.2, 0.25) is 5.91 Å². The fourth-order valence-corrected chi connectivity index (χ4v) is 3.92. The number of benzene rings is 1. The molecule has 0 bridgehead atoms. The summed E-state index contributed by atoms with van der Waals surface area (Å²) in [6.07, 6.45) is 5.18. The second-order valence-electron chi connectivity index (χ2n) is 5.69. The normalized spacial score (nSPS) is 16.2. The molecule has 0 spiro atoms. The summed E-state index contributed by atoms with van der Waals surface area (Å²) in [5.74, 6) is -0.426. The number of hydrogen-bond acceptors (Lipinski definition) is 3. The van der Waals surface area contributed by atoms with Gasteiger partial charge in [0.25, 0.3) is 0 Å². The molecule has 1 aromatic carbocycles. The van der Waals surface area contributed by atoms with Crippen molar-refractivity contribution in [3.8, 4) is 0 Å². The highest BCUT2D eigenvalue weighted by molar-refractivity contribution is 8.00. The minimum atomic E-state index is -0.426. The zero-order valence-corrected chi connectivity index (χ0v) is 13.6. The Kier molecular flexibility index (Phi) is 6.12. The molecule has 22 heavy (non-hydrogen) atoms. The topological polar surface area (TPSA) is 84.2 Å². The lowest BCUT2D eigenvalue weighted by molar-refractivity contribution is -0.118. The van der Waals surface area contributed by atoms with E-state index in [0.717, 1.165) is 10.6 Å². The average molecular weight is 321 g/mol. The minimum Gasteiger partial charge on any atom is -0.370 e. The summed E-state index contributed by atoms with van der Waals surface area (Å²) < 4.78 is 0. The number of amides is 3. The fraction of sp³-hybridized carbons (Fsp3) is 0.500. The van der Waals surface area contributed by atoms with Gasteiger partial charge in [-0.15, -0.1) is 11.8 Å². The van der Waals surface area contributed by atoms with Crippen molar-refractivity contribution >= 4 is 29.4 Å². The predicted octanol–water partition coefficient (Wildman–Crippen LogP) is 3.11. The van der Waals surface area contributed by atoms with Gasteiger partial charge in [0, 0.05) is 22.6 Å². The van der Waals surface area contributed by atoms with Crippen LogP contribution >= 0.6 is 11.8 Å². The molecular weight excluding hydrogens is 298 g/mol. The zero-order valence-electron chi connectivity index (χ0n) is 12.8. The molecule has 1 aliphatic carbocycles. The van der Waals surface area contributed by atoms with E-state index in [4.69, 9.17) is 5.73 Å². The van der Waals surface area contributed by atoms with Crippen LogP contribution in [0.1, 0.15) is 39.0 Å². The Morgan fingerprint density at radius 3 is 2.68 bits per heavy atom. The molecule has 6 heteroatoms. The lowest BCUT2D eigenvalue weighted by atomic mass is 10.2. The Morgan fingerprint density at radius 1 is 1.32 bits per heavy atom. The number of para-hydroxylation sites is 1. The molecular formula is C16H23N3O2S. The highest BCUT2D eigenvalue weighted by Crippen LogP contribution is 2.37. The van der Waals surface area contributed by atoms with E-state index < -0.39 is 5.91 Å². The van der Waals surface area contributed by atoms with Gasteiger partial charge >= 0.3 is 6.03 Å². The van der Waals surface area contributed by atoms with Gasteiger partial charge in [-0.1, -0.05) is 25.0 Å². The Bertz CT molecular complexity index is 530. The molecule has 0 radical (unpaired) electrons. The van der Waals surface area contributed by atoms with E-state index in [1.165, 1.54) is 25.7 Å². The second kappa shape index (κ2) is 8.08. The van der Waals surface area contributed by atoms with Crippen molar-refractivity contribution in [3.05, 3.63) is 24.3 Å². The van der Waals surface area contributed by atoms with E-state index in [1.807, 2.05) is 36.0 Å². The van der Waals surface area contributed by atoms with Crippen LogP contribution in [0.25, 0.3) is 0 Å². The first kappa shape index (κ1) is 16.7. The van der Waals surface area contributed by atoms with Crippen molar-refractivity contribution in [1.29, 1.82) is 0 Å². The van der Waals surface area contributed by atoms with Gasteiger partial charge in [-0.05, 0) is 31.9 Å². The quantitative estimate of drug-likeness (QED) is 0.752. The first-order valence-corrected chi connectivity index (χ1v) is 8.54. The number of anilines is 1. The van der Waals surface area contributed by atoms with E-state index in [-0.39, 0.29) is 18.5 Å². The molecule has 1 saturated carbocycles. The van der Waals surface area contributed by atoms with Gasteiger partial charge in [-0.2, -0.15) is 0 Å². The number of primary amides is 1. The Morgan fingerprint density at radius 2 is 2.00 bits per heavy atom. The molecule has 4 N–H and O–H groups in total. The average Bonchev–Trinajstić information content (AvgIpc) is 2.92. The van der Waals surface area contributed by atoms with Crippen molar-refractivity contribution < 1.29 is 9.59 Å². The summed E-state index contributed by atoms with van der Waals surface area (Å²) in [5.41, 5.74) is 5.93. The van der Waals surface area contributed by atoms with E-state index in [9.17, 15) is 9.59 Å². The Balaban J connectivity index is 1.93. The monoisotopic (exact) mass is 321 g/mol. The van der Waals surface area contributed by atoms with Gasteiger partial charge in [-0.3, -0.25) is 4.79 Å². The summed E-state index contributed by atoms with van der Waals surface area (Å²) in [4.78, 5) is 23.9. The molecule has 1 fully saturated rings. The van der Waals surface area contributed by atoms with Crippen LogP contribution in [0, 0.1) is 0 Å². The maximum absolute atomic E-state index is 12.0. The largest absolute Gasteiger partial charge is 0.370 e. The standard InChI is InChI=1S/C16H23N3O2S/c1-11(10-15(17)20)18-16(21)19-13-8-4-5-9-14(13)22-12-6-2-3-7-12/h4-5,8-9,11-12H,2-3,6-7,10H2,1H3,(H2,17,20)(H2,18,19,21)/t11-/m0/s1. The van der Waals surface area contributed by atoms with Crippen LogP contribution in [0.3, 0.4) is 0 Å². The number of nitrogens with one attached hydrogen (secondary N) is 2. The lowest BCUT2D eigenvalue weighted by Gasteiger charge is -2.16.